The minimum Gasteiger partial charge on any atom is -0.361 e. The molecule has 1 aliphatic rings. The highest BCUT2D eigenvalue weighted by Crippen LogP contribution is 2.31. The van der Waals surface area contributed by atoms with Gasteiger partial charge in [0.15, 0.2) is 5.82 Å². The number of carbonyl (C=O) groups excluding carboxylic acids is 1. The SMILES string of the molecule is Cc1noc(C)c1CCC(=O)N1CCC[C@@H]1c1noc(C(C)C)n1. The summed E-state index contributed by atoms with van der Waals surface area (Å²) in [7, 11) is 0. The molecule has 1 amide bonds. The molecule has 3 heterocycles. The van der Waals surface area contributed by atoms with Gasteiger partial charge in [-0.25, -0.2) is 0 Å². The molecule has 0 unspecified atom stereocenters. The van der Waals surface area contributed by atoms with Crippen LogP contribution in [0.15, 0.2) is 9.05 Å². The minimum atomic E-state index is -0.0709. The van der Waals surface area contributed by atoms with Crippen LogP contribution >= 0.6 is 0 Å². The summed E-state index contributed by atoms with van der Waals surface area (Å²) in [6, 6.07) is -0.0709. The molecule has 130 valence electrons. The Kier molecular flexibility index (Phi) is 4.69. The molecule has 0 aromatic carbocycles. The van der Waals surface area contributed by atoms with Gasteiger partial charge < -0.3 is 13.9 Å². The molecular weight excluding hydrogens is 308 g/mol. The lowest BCUT2D eigenvalue weighted by atomic mass is 10.1. The van der Waals surface area contributed by atoms with Crippen LogP contribution in [0.4, 0.5) is 0 Å². The Bertz CT molecular complexity index is 700. The van der Waals surface area contributed by atoms with Crippen LogP contribution in [0.5, 0.6) is 0 Å². The summed E-state index contributed by atoms with van der Waals surface area (Å²) in [6.45, 7) is 8.56. The van der Waals surface area contributed by atoms with E-state index in [1.807, 2.05) is 32.6 Å². The largest absolute Gasteiger partial charge is 0.361 e. The monoisotopic (exact) mass is 332 g/mol. The number of nitrogens with zero attached hydrogens (tertiary/aromatic N) is 4. The Morgan fingerprint density at radius 2 is 2.08 bits per heavy atom. The molecule has 1 atom stereocenters. The van der Waals surface area contributed by atoms with Crippen LogP contribution in [-0.2, 0) is 11.2 Å². The summed E-state index contributed by atoms with van der Waals surface area (Å²) in [6.07, 6.45) is 2.93. The van der Waals surface area contributed by atoms with Crippen LogP contribution in [0.1, 0.15) is 73.8 Å². The summed E-state index contributed by atoms with van der Waals surface area (Å²) < 4.78 is 10.5. The normalized spacial score (nSPS) is 17.9. The van der Waals surface area contributed by atoms with Gasteiger partial charge in [-0.2, -0.15) is 4.98 Å². The van der Waals surface area contributed by atoms with Gasteiger partial charge in [-0.05, 0) is 33.1 Å². The molecule has 2 aromatic rings. The predicted molar refractivity (Wildman–Crippen MR) is 86.4 cm³/mol. The van der Waals surface area contributed by atoms with Crippen LogP contribution in [0.3, 0.4) is 0 Å². The fraction of sp³-hybridized carbons (Fsp3) is 0.647. The molecule has 7 heteroatoms. The van der Waals surface area contributed by atoms with E-state index in [0.29, 0.717) is 24.6 Å². The van der Waals surface area contributed by atoms with E-state index in [1.165, 1.54) is 0 Å². The molecule has 0 N–H and O–H groups in total. The number of rotatable bonds is 5. The highest BCUT2D eigenvalue weighted by molar-refractivity contribution is 5.77. The first-order chi connectivity index (χ1) is 11.5. The van der Waals surface area contributed by atoms with Crippen molar-refractivity contribution in [2.75, 3.05) is 6.54 Å². The third kappa shape index (κ3) is 3.20. The van der Waals surface area contributed by atoms with Gasteiger partial charge in [-0.3, -0.25) is 4.79 Å². The van der Waals surface area contributed by atoms with E-state index in [0.717, 1.165) is 36.4 Å². The molecule has 1 aliphatic heterocycles. The van der Waals surface area contributed by atoms with Crippen molar-refractivity contribution in [3.05, 3.63) is 28.7 Å². The van der Waals surface area contributed by atoms with Gasteiger partial charge in [-0.15, -0.1) is 0 Å². The lowest BCUT2D eigenvalue weighted by molar-refractivity contribution is -0.132. The fourth-order valence-electron chi connectivity index (χ4n) is 3.19. The quantitative estimate of drug-likeness (QED) is 0.836. The van der Waals surface area contributed by atoms with E-state index in [1.54, 1.807) is 0 Å². The van der Waals surface area contributed by atoms with Crippen molar-refractivity contribution in [1.82, 2.24) is 20.2 Å². The van der Waals surface area contributed by atoms with Gasteiger partial charge in [0, 0.05) is 24.4 Å². The zero-order chi connectivity index (χ0) is 17.3. The first-order valence-electron chi connectivity index (χ1n) is 8.52. The van der Waals surface area contributed by atoms with E-state index >= 15 is 0 Å². The number of aromatic nitrogens is 3. The molecule has 0 saturated carbocycles. The second-order valence-electron chi connectivity index (χ2n) is 6.69. The van der Waals surface area contributed by atoms with E-state index in [-0.39, 0.29) is 17.9 Å². The summed E-state index contributed by atoms with van der Waals surface area (Å²) in [5, 5.41) is 8.03. The fourth-order valence-corrected chi connectivity index (χ4v) is 3.19. The smallest absolute Gasteiger partial charge is 0.229 e. The lowest BCUT2D eigenvalue weighted by Crippen LogP contribution is -2.31. The Morgan fingerprint density at radius 1 is 1.29 bits per heavy atom. The lowest BCUT2D eigenvalue weighted by Gasteiger charge is -2.22. The van der Waals surface area contributed by atoms with Gasteiger partial charge >= 0.3 is 0 Å². The van der Waals surface area contributed by atoms with Crippen molar-refractivity contribution in [3.8, 4) is 0 Å². The second-order valence-corrected chi connectivity index (χ2v) is 6.69. The average Bonchev–Trinajstić information content (AvgIpc) is 3.25. The first kappa shape index (κ1) is 16.7. The number of amides is 1. The van der Waals surface area contributed by atoms with Gasteiger partial charge in [-0.1, -0.05) is 24.2 Å². The van der Waals surface area contributed by atoms with Crippen LogP contribution in [-0.4, -0.2) is 32.6 Å². The maximum atomic E-state index is 12.7. The average molecular weight is 332 g/mol. The van der Waals surface area contributed by atoms with E-state index in [9.17, 15) is 4.79 Å². The summed E-state index contributed by atoms with van der Waals surface area (Å²) in [4.78, 5) is 19.0. The van der Waals surface area contributed by atoms with Crippen molar-refractivity contribution >= 4 is 5.91 Å². The molecule has 0 bridgehead atoms. The minimum absolute atomic E-state index is 0.0709. The van der Waals surface area contributed by atoms with Crippen molar-refractivity contribution in [1.29, 1.82) is 0 Å². The van der Waals surface area contributed by atoms with Gasteiger partial charge in [0.05, 0.1) is 11.7 Å². The Morgan fingerprint density at radius 3 is 2.71 bits per heavy atom. The molecule has 7 nitrogen and oxygen atoms in total. The zero-order valence-electron chi connectivity index (χ0n) is 14.7. The van der Waals surface area contributed by atoms with Crippen LogP contribution in [0, 0.1) is 13.8 Å². The molecule has 0 spiro atoms. The van der Waals surface area contributed by atoms with Crippen LogP contribution in [0.2, 0.25) is 0 Å². The molecule has 3 rings (SSSR count). The van der Waals surface area contributed by atoms with Gasteiger partial charge in [0.25, 0.3) is 0 Å². The molecular formula is C17H24N4O3. The van der Waals surface area contributed by atoms with Crippen molar-refractivity contribution < 1.29 is 13.8 Å². The predicted octanol–water partition coefficient (Wildman–Crippen LogP) is 3.09. The number of aryl methyl sites for hydroxylation is 2. The number of likely N-dealkylation sites (tertiary alicyclic amines) is 1. The zero-order valence-corrected chi connectivity index (χ0v) is 14.7. The van der Waals surface area contributed by atoms with E-state index in [2.05, 4.69) is 15.3 Å². The molecule has 1 saturated heterocycles. The van der Waals surface area contributed by atoms with E-state index < -0.39 is 0 Å². The Labute approximate surface area is 141 Å². The number of hydrogen-bond donors (Lipinski definition) is 0. The summed E-state index contributed by atoms with van der Waals surface area (Å²) >= 11 is 0. The molecule has 1 fully saturated rings. The Balaban J connectivity index is 1.67. The van der Waals surface area contributed by atoms with Gasteiger partial charge in [0.1, 0.15) is 5.76 Å². The van der Waals surface area contributed by atoms with E-state index in [4.69, 9.17) is 9.05 Å². The Hall–Kier alpha value is -2.18. The number of carbonyl (C=O) groups is 1. The standard InChI is InChI=1S/C17H24N4O3/c1-10(2)17-18-16(20-24-17)14-6-5-9-21(14)15(22)8-7-13-11(3)19-23-12(13)4/h10,14H,5-9H2,1-4H3/t14-/m1/s1. The van der Waals surface area contributed by atoms with Crippen molar-refractivity contribution in [2.45, 2.75) is 65.3 Å². The van der Waals surface area contributed by atoms with Crippen molar-refractivity contribution in [3.63, 3.8) is 0 Å². The maximum absolute atomic E-state index is 12.7. The second kappa shape index (κ2) is 6.75. The third-order valence-electron chi connectivity index (χ3n) is 4.59. The summed E-state index contributed by atoms with van der Waals surface area (Å²) in [5.41, 5.74) is 1.89. The molecule has 24 heavy (non-hydrogen) atoms. The third-order valence-corrected chi connectivity index (χ3v) is 4.59. The summed E-state index contributed by atoms with van der Waals surface area (Å²) in [5.74, 6) is 2.35. The number of hydrogen-bond acceptors (Lipinski definition) is 6. The molecule has 2 aromatic heterocycles. The maximum Gasteiger partial charge on any atom is 0.229 e. The van der Waals surface area contributed by atoms with Crippen molar-refractivity contribution in [2.24, 2.45) is 0 Å². The first-order valence-corrected chi connectivity index (χ1v) is 8.52. The van der Waals surface area contributed by atoms with Crippen LogP contribution < -0.4 is 0 Å². The molecule has 0 radical (unpaired) electrons. The van der Waals surface area contributed by atoms with Gasteiger partial charge in [0.2, 0.25) is 11.8 Å². The topological polar surface area (TPSA) is 85.3 Å². The van der Waals surface area contributed by atoms with Crippen LogP contribution in [0.25, 0.3) is 0 Å². The highest BCUT2D eigenvalue weighted by atomic mass is 16.5. The molecule has 0 aliphatic carbocycles. The highest BCUT2D eigenvalue weighted by Gasteiger charge is 2.33.